The summed E-state index contributed by atoms with van der Waals surface area (Å²) in [6, 6.07) is 4.05. The minimum atomic E-state index is -0.683. The Morgan fingerprint density at radius 2 is 2.15 bits per heavy atom. The lowest BCUT2D eigenvalue weighted by Crippen LogP contribution is -2.52. The highest BCUT2D eigenvalue weighted by molar-refractivity contribution is 6.05. The highest BCUT2D eigenvalue weighted by atomic mass is 16.5. The van der Waals surface area contributed by atoms with Crippen LogP contribution in [0.1, 0.15) is 45.7 Å². The molecule has 2 fully saturated rings. The summed E-state index contributed by atoms with van der Waals surface area (Å²) in [6.07, 6.45) is 8.32. The van der Waals surface area contributed by atoms with E-state index in [1.54, 1.807) is 18.2 Å². The molecule has 2 N–H and O–H groups in total. The van der Waals surface area contributed by atoms with Crippen molar-refractivity contribution in [1.29, 1.82) is 0 Å². The van der Waals surface area contributed by atoms with Gasteiger partial charge in [0.05, 0.1) is 24.5 Å². The topological polar surface area (TPSA) is 136 Å². The number of hydrogen-bond acceptors (Lipinski definition) is 7. The lowest BCUT2D eigenvalue weighted by molar-refractivity contribution is -0.136. The van der Waals surface area contributed by atoms with Crippen molar-refractivity contribution in [2.75, 3.05) is 13.2 Å². The summed E-state index contributed by atoms with van der Waals surface area (Å²) in [5.41, 5.74) is 1.85. The van der Waals surface area contributed by atoms with Gasteiger partial charge in [0.1, 0.15) is 6.04 Å². The van der Waals surface area contributed by atoms with Crippen molar-refractivity contribution in [1.82, 2.24) is 30.5 Å². The molecule has 2 saturated heterocycles. The van der Waals surface area contributed by atoms with E-state index in [2.05, 4.69) is 26.9 Å². The van der Waals surface area contributed by atoms with E-state index in [0.29, 0.717) is 30.9 Å². The molecular weight excluding hydrogens is 440 g/mol. The second kappa shape index (κ2) is 8.72. The summed E-state index contributed by atoms with van der Waals surface area (Å²) in [5, 5.41) is 13.0. The number of carbonyl (C=O) groups is 4. The third kappa shape index (κ3) is 3.92. The van der Waals surface area contributed by atoms with Crippen LogP contribution in [0.25, 0.3) is 5.69 Å². The molecule has 5 rings (SSSR count). The number of benzene rings is 1. The van der Waals surface area contributed by atoms with Crippen molar-refractivity contribution in [3.63, 3.8) is 0 Å². The number of carbonyl (C=O) groups excluding carboxylic acids is 4. The van der Waals surface area contributed by atoms with Gasteiger partial charge in [0.25, 0.3) is 11.8 Å². The SMILES string of the molecule is C#CC(NC(=O)c1cn(-c2ccc3c(c2)C(=O)N(C2CCC(=O)NC2=O)C3)nn1)C1CCOC1. The Labute approximate surface area is 194 Å². The van der Waals surface area contributed by atoms with Gasteiger partial charge in [-0.25, -0.2) is 4.68 Å². The minimum absolute atomic E-state index is 0.0547. The smallest absolute Gasteiger partial charge is 0.274 e. The first kappa shape index (κ1) is 21.8. The molecule has 3 aliphatic rings. The maximum Gasteiger partial charge on any atom is 0.274 e. The highest BCUT2D eigenvalue weighted by Crippen LogP contribution is 2.29. The molecule has 4 heterocycles. The predicted octanol–water partition coefficient (Wildman–Crippen LogP) is -0.204. The van der Waals surface area contributed by atoms with E-state index in [1.807, 2.05) is 0 Å². The standard InChI is InChI=1S/C23H22N6O5/c1-2-17(14-7-8-34-12-14)24-21(31)18-11-29(27-26-18)15-4-3-13-10-28(23(33)16(13)9-15)19-5-6-20(30)25-22(19)32/h1,3-4,9,11,14,17,19H,5-8,10,12H2,(H,24,31)(H,25,30,32). The first-order chi connectivity index (χ1) is 16.4. The molecule has 0 saturated carbocycles. The average Bonchev–Trinajstić information content (AvgIpc) is 3.58. The molecule has 1 aromatic carbocycles. The number of terminal acetylenes is 1. The Morgan fingerprint density at radius 1 is 1.29 bits per heavy atom. The second-order valence-corrected chi connectivity index (χ2v) is 8.53. The largest absolute Gasteiger partial charge is 0.381 e. The molecule has 1 aromatic heterocycles. The van der Waals surface area contributed by atoms with Crippen LogP contribution in [0, 0.1) is 18.3 Å². The van der Waals surface area contributed by atoms with Crippen LogP contribution in [0.2, 0.25) is 0 Å². The quantitative estimate of drug-likeness (QED) is 0.464. The number of fused-ring (bicyclic) bond motifs is 1. The van der Waals surface area contributed by atoms with Crippen LogP contribution in [-0.4, -0.2) is 68.8 Å². The fourth-order valence-corrected chi connectivity index (χ4v) is 4.51. The number of aromatic nitrogens is 3. The van der Waals surface area contributed by atoms with Crippen molar-refractivity contribution in [2.45, 2.75) is 37.9 Å². The third-order valence-electron chi connectivity index (χ3n) is 6.40. The Balaban J connectivity index is 1.31. The molecule has 34 heavy (non-hydrogen) atoms. The summed E-state index contributed by atoms with van der Waals surface area (Å²) in [6.45, 7) is 1.40. The van der Waals surface area contributed by atoms with Crippen LogP contribution in [-0.2, 0) is 20.9 Å². The molecule has 2 aromatic rings. The van der Waals surface area contributed by atoms with E-state index in [0.717, 1.165) is 12.0 Å². The molecule has 174 valence electrons. The molecule has 0 bridgehead atoms. The molecule has 11 heteroatoms. The minimum Gasteiger partial charge on any atom is -0.381 e. The maximum atomic E-state index is 13.0. The zero-order valence-corrected chi connectivity index (χ0v) is 18.2. The van der Waals surface area contributed by atoms with Gasteiger partial charge in [-0.1, -0.05) is 17.2 Å². The monoisotopic (exact) mass is 462 g/mol. The highest BCUT2D eigenvalue weighted by Gasteiger charge is 2.39. The van der Waals surface area contributed by atoms with Gasteiger partial charge in [0, 0.05) is 31.1 Å². The Hall–Kier alpha value is -4.04. The molecule has 3 atom stereocenters. The van der Waals surface area contributed by atoms with Crippen molar-refractivity contribution in [2.24, 2.45) is 5.92 Å². The van der Waals surface area contributed by atoms with Gasteiger partial charge in [-0.2, -0.15) is 0 Å². The zero-order chi connectivity index (χ0) is 23.8. The van der Waals surface area contributed by atoms with Crippen molar-refractivity contribution < 1.29 is 23.9 Å². The molecule has 3 aliphatic heterocycles. The molecule has 11 nitrogen and oxygen atoms in total. The van der Waals surface area contributed by atoms with Crippen LogP contribution in [0.3, 0.4) is 0 Å². The summed E-state index contributed by atoms with van der Waals surface area (Å²) >= 11 is 0. The van der Waals surface area contributed by atoms with Gasteiger partial charge in [0.15, 0.2) is 5.69 Å². The van der Waals surface area contributed by atoms with Gasteiger partial charge in [0.2, 0.25) is 11.8 Å². The van der Waals surface area contributed by atoms with Crippen LogP contribution in [0.5, 0.6) is 0 Å². The Kier molecular flexibility index (Phi) is 5.59. The lowest BCUT2D eigenvalue weighted by atomic mass is 10.00. The fourth-order valence-electron chi connectivity index (χ4n) is 4.51. The van der Waals surface area contributed by atoms with E-state index < -0.39 is 23.9 Å². The van der Waals surface area contributed by atoms with Gasteiger partial charge < -0.3 is 15.0 Å². The van der Waals surface area contributed by atoms with E-state index in [1.165, 1.54) is 15.8 Å². The first-order valence-electron chi connectivity index (χ1n) is 11.0. The number of ether oxygens (including phenoxy) is 1. The van der Waals surface area contributed by atoms with E-state index >= 15 is 0 Å². The van der Waals surface area contributed by atoms with Gasteiger partial charge in [-0.05, 0) is 30.5 Å². The van der Waals surface area contributed by atoms with Crippen LogP contribution >= 0.6 is 0 Å². The summed E-state index contributed by atoms with van der Waals surface area (Å²) in [5.74, 6) is 1.13. The maximum absolute atomic E-state index is 13.0. The summed E-state index contributed by atoms with van der Waals surface area (Å²) in [7, 11) is 0. The number of hydrogen-bond donors (Lipinski definition) is 2. The van der Waals surface area contributed by atoms with Crippen molar-refractivity contribution in [3.8, 4) is 18.0 Å². The third-order valence-corrected chi connectivity index (χ3v) is 6.40. The molecule has 0 aliphatic carbocycles. The summed E-state index contributed by atoms with van der Waals surface area (Å²) < 4.78 is 6.75. The molecule has 3 unspecified atom stereocenters. The number of rotatable bonds is 5. The Bertz CT molecular complexity index is 1220. The Morgan fingerprint density at radius 3 is 2.88 bits per heavy atom. The van der Waals surface area contributed by atoms with Crippen molar-refractivity contribution in [3.05, 3.63) is 41.2 Å². The van der Waals surface area contributed by atoms with E-state index in [9.17, 15) is 19.2 Å². The number of amides is 4. The second-order valence-electron chi connectivity index (χ2n) is 8.53. The van der Waals surface area contributed by atoms with Crippen molar-refractivity contribution >= 4 is 23.6 Å². The summed E-state index contributed by atoms with van der Waals surface area (Å²) in [4.78, 5) is 50.8. The lowest BCUT2D eigenvalue weighted by Gasteiger charge is -2.29. The number of imide groups is 1. The van der Waals surface area contributed by atoms with Gasteiger partial charge in [-0.15, -0.1) is 11.5 Å². The van der Waals surface area contributed by atoms with E-state index in [4.69, 9.17) is 11.2 Å². The number of nitrogens with one attached hydrogen (secondary N) is 2. The average molecular weight is 462 g/mol. The number of piperidine rings is 1. The molecular formula is C23H22N6O5. The first-order valence-corrected chi connectivity index (χ1v) is 11.0. The van der Waals surface area contributed by atoms with Crippen LogP contribution < -0.4 is 10.6 Å². The van der Waals surface area contributed by atoms with Gasteiger partial charge >= 0.3 is 0 Å². The van der Waals surface area contributed by atoms with E-state index in [-0.39, 0.29) is 36.4 Å². The normalized spacial score (nSPS) is 22.8. The van der Waals surface area contributed by atoms with Gasteiger partial charge in [-0.3, -0.25) is 24.5 Å². The fraction of sp³-hybridized carbons (Fsp3) is 0.391. The zero-order valence-electron chi connectivity index (χ0n) is 18.2. The molecule has 4 amide bonds. The number of nitrogens with zero attached hydrogens (tertiary/aromatic N) is 4. The van der Waals surface area contributed by atoms with Crippen LogP contribution in [0.15, 0.2) is 24.4 Å². The molecule has 0 radical (unpaired) electrons. The predicted molar refractivity (Wildman–Crippen MR) is 116 cm³/mol. The van der Waals surface area contributed by atoms with Crippen LogP contribution in [0.4, 0.5) is 0 Å². The molecule has 0 spiro atoms.